The molecule has 0 saturated carbocycles. The zero-order chi connectivity index (χ0) is 9.14. The maximum absolute atomic E-state index is 11.1. The lowest BCUT2D eigenvalue weighted by Crippen LogP contribution is -2.45. The summed E-state index contributed by atoms with van der Waals surface area (Å²) in [5, 5.41) is 2.23. The second kappa shape index (κ2) is 3.67. The van der Waals surface area contributed by atoms with E-state index < -0.39 is 6.10 Å². The minimum absolute atomic E-state index is 0.0222. The Hall–Kier alpha value is -0.900. The van der Waals surface area contributed by atoms with Crippen LogP contribution >= 0.6 is 0 Å². The van der Waals surface area contributed by atoms with Crippen LogP contribution in [0.5, 0.6) is 0 Å². The summed E-state index contributed by atoms with van der Waals surface area (Å²) >= 11 is 0. The molecule has 0 aromatic carbocycles. The van der Waals surface area contributed by atoms with Crippen LogP contribution in [-0.2, 0) is 14.3 Å². The van der Waals surface area contributed by atoms with Crippen molar-refractivity contribution >= 4 is 11.8 Å². The van der Waals surface area contributed by atoms with E-state index >= 15 is 0 Å². The van der Waals surface area contributed by atoms with Crippen molar-refractivity contribution < 1.29 is 14.3 Å². The van der Waals surface area contributed by atoms with E-state index in [1.165, 1.54) is 0 Å². The van der Waals surface area contributed by atoms with Gasteiger partial charge in [0.2, 0.25) is 5.91 Å². The molecule has 1 unspecified atom stereocenters. The molecule has 0 radical (unpaired) electrons. The number of nitrogens with one attached hydrogen (secondary N) is 1. The van der Waals surface area contributed by atoms with E-state index in [2.05, 4.69) is 5.32 Å². The van der Waals surface area contributed by atoms with Crippen molar-refractivity contribution in [2.75, 3.05) is 0 Å². The monoisotopic (exact) mass is 171 g/mol. The van der Waals surface area contributed by atoms with Crippen LogP contribution in [0.15, 0.2) is 0 Å². The predicted molar refractivity (Wildman–Crippen MR) is 42.4 cm³/mol. The number of ether oxygens (including phenoxy) is 1. The molecule has 0 aliphatic carbocycles. The molecule has 0 aromatic heterocycles. The Balaban J connectivity index is 2.45. The third-order valence-electron chi connectivity index (χ3n) is 1.63. The van der Waals surface area contributed by atoms with Gasteiger partial charge in [0.25, 0.3) is 5.91 Å². The highest BCUT2D eigenvalue weighted by atomic mass is 16.5. The van der Waals surface area contributed by atoms with Crippen molar-refractivity contribution in [2.24, 2.45) is 0 Å². The summed E-state index contributed by atoms with van der Waals surface area (Å²) < 4.78 is 5.29. The Kier molecular flexibility index (Phi) is 2.81. The molecule has 0 bridgehead atoms. The van der Waals surface area contributed by atoms with Crippen molar-refractivity contribution in [2.45, 2.75) is 38.9 Å². The van der Waals surface area contributed by atoms with E-state index in [4.69, 9.17) is 4.74 Å². The lowest BCUT2D eigenvalue weighted by atomic mass is 10.1. The average Bonchev–Trinajstić information content (AvgIpc) is 1.94. The molecular formula is C8H13NO3. The van der Waals surface area contributed by atoms with Gasteiger partial charge in [-0.1, -0.05) is 0 Å². The van der Waals surface area contributed by atoms with Gasteiger partial charge in [0.1, 0.15) is 6.10 Å². The fourth-order valence-corrected chi connectivity index (χ4v) is 1.13. The van der Waals surface area contributed by atoms with Crippen LogP contribution in [0.2, 0.25) is 0 Å². The highest BCUT2D eigenvalue weighted by molar-refractivity contribution is 5.99. The molecule has 4 heteroatoms. The summed E-state index contributed by atoms with van der Waals surface area (Å²) in [6.07, 6.45) is 0.461. The zero-order valence-corrected chi connectivity index (χ0v) is 7.29. The highest BCUT2D eigenvalue weighted by Crippen LogP contribution is 2.10. The molecule has 0 spiro atoms. The average molecular weight is 171 g/mol. The Labute approximate surface area is 71.3 Å². The van der Waals surface area contributed by atoms with Crippen molar-refractivity contribution in [1.29, 1.82) is 0 Å². The molecule has 0 aromatic rings. The minimum Gasteiger partial charge on any atom is -0.366 e. The highest BCUT2D eigenvalue weighted by Gasteiger charge is 2.27. The van der Waals surface area contributed by atoms with Gasteiger partial charge in [0, 0.05) is 6.42 Å². The normalized spacial score (nSPS) is 24.4. The van der Waals surface area contributed by atoms with E-state index in [1.807, 2.05) is 13.8 Å². The van der Waals surface area contributed by atoms with Crippen LogP contribution in [-0.4, -0.2) is 24.0 Å². The summed E-state index contributed by atoms with van der Waals surface area (Å²) in [5.74, 6) is -0.511. The molecule has 1 N–H and O–H groups in total. The Morgan fingerprint density at radius 3 is 2.67 bits per heavy atom. The number of carbonyl (C=O) groups is 2. The topological polar surface area (TPSA) is 55.4 Å². The van der Waals surface area contributed by atoms with E-state index in [0.717, 1.165) is 0 Å². The van der Waals surface area contributed by atoms with Gasteiger partial charge in [-0.05, 0) is 20.3 Å². The molecule has 4 nitrogen and oxygen atoms in total. The number of amides is 2. The summed E-state index contributed by atoms with van der Waals surface area (Å²) in [6.45, 7) is 3.73. The lowest BCUT2D eigenvalue weighted by Gasteiger charge is -2.22. The fourth-order valence-electron chi connectivity index (χ4n) is 1.13. The van der Waals surface area contributed by atoms with Gasteiger partial charge < -0.3 is 4.74 Å². The first-order valence-corrected chi connectivity index (χ1v) is 4.08. The SMILES string of the molecule is CC(C)OC1CCC(=O)NC1=O. The van der Waals surface area contributed by atoms with Gasteiger partial charge in [-0.3, -0.25) is 14.9 Å². The lowest BCUT2D eigenvalue weighted by molar-refractivity contribution is -0.145. The number of imide groups is 1. The number of carbonyl (C=O) groups excluding carboxylic acids is 2. The van der Waals surface area contributed by atoms with Crippen LogP contribution in [0.4, 0.5) is 0 Å². The molecular weight excluding hydrogens is 158 g/mol. The maximum atomic E-state index is 11.1. The molecule has 12 heavy (non-hydrogen) atoms. The summed E-state index contributed by atoms with van der Waals surface area (Å²) in [7, 11) is 0. The first kappa shape index (κ1) is 9.19. The second-order valence-electron chi connectivity index (χ2n) is 3.12. The summed E-state index contributed by atoms with van der Waals surface area (Å²) in [4.78, 5) is 21.8. The fraction of sp³-hybridized carbons (Fsp3) is 0.750. The van der Waals surface area contributed by atoms with E-state index in [9.17, 15) is 9.59 Å². The van der Waals surface area contributed by atoms with Gasteiger partial charge in [0.15, 0.2) is 0 Å². The van der Waals surface area contributed by atoms with Crippen LogP contribution in [0.1, 0.15) is 26.7 Å². The van der Waals surface area contributed by atoms with Crippen molar-refractivity contribution in [3.05, 3.63) is 0 Å². The van der Waals surface area contributed by atoms with Crippen LogP contribution in [0.25, 0.3) is 0 Å². The Morgan fingerprint density at radius 2 is 2.17 bits per heavy atom. The summed E-state index contributed by atoms with van der Waals surface area (Å²) in [5.41, 5.74) is 0. The van der Waals surface area contributed by atoms with E-state index in [-0.39, 0.29) is 17.9 Å². The number of rotatable bonds is 2. The van der Waals surface area contributed by atoms with Gasteiger partial charge in [-0.15, -0.1) is 0 Å². The quantitative estimate of drug-likeness (QED) is 0.604. The first-order valence-electron chi connectivity index (χ1n) is 4.08. The number of hydrogen-bond donors (Lipinski definition) is 1. The van der Waals surface area contributed by atoms with Crippen molar-refractivity contribution in [3.63, 3.8) is 0 Å². The third-order valence-corrected chi connectivity index (χ3v) is 1.63. The van der Waals surface area contributed by atoms with E-state index in [0.29, 0.717) is 12.8 Å². The molecule has 1 aliphatic rings. The van der Waals surface area contributed by atoms with Crippen LogP contribution in [0.3, 0.4) is 0 Å². The van der Waals surface area contributed by atoms with Gasteiger partial charge >= 0.3 is 0 Å². The Bertz CT molecular complexity index is 200. The molecule has 68 valence electrons. The summed E-state index contributed by atoms with van der Waals surface area (Å²) in [6, 6.07) is 0. The molecule has 1 heterocycles. The first-order chi connectivity index (χ1) is 5.59. The molecule has 1 rings (SSSR count). The molecule has 1 fully saturated rings. The maximum Gasteiger partial charge on any atom is 0.255 e. The van der Waals surface area contributed by atoms with Gasteiger partial charge in [-0.25, -0.2) is 0 Å². The third kappa shape index (κ3) is 2.30. The second-order valence-corrected chi connectivity index (χ2v) is 3.12. The largest absolute Gasteiger partial charge is 0.366 e. The van der Waals surface area contributed by atoms with Gasteiger partial charge in [0.05, 0.1) is 6.10 Å². The molecule has 1 atom stereocenters. The van der Waals surface area contributed by atoms with Crippen LogP contribution in [0, 0.1) is 0 Å². The van der Waals surface area contributed by atoms with Crippen molar-refractivity contribution in [3.8, 4) is 0 Å². The molecule has 1 saturated heterocycles. The smallest absolute Gasteiger partial charge is 0.255 e. The zero-order valence-electron chi connectivity index (χ0n) is 7.29. The Morgan fingerprint density at radius 1 is 1.50 bits per heavy atom. The standard InChI is InChI=1S/C8H13NO3/c1-5(2)12-6-3-4-7(10)9-8(6)11/h5-6H,3-4H2,1-2H3,(H,9,10,11). The molecule has 1 aliphatic heterocycles. The number of piperidine rings is 1. The van der Waals surface area contributed by atoms with Gasteiger partial charge in [-0.2, -0.15) is 0 Å². The van der Waals surface area contributed by atoms with Crippen molar-refractivity contribution in [1.82, 2.24) is 5.32 Å². The van der Waals surface area contributed by atoms with Crippen LogP contribution < -0.4 is 5.32 Å². The van der Waals surface area contributed by atoms with E-state index in [1.54, 1.807) is 0 Å². The molecule has 2 amide bonds. The predicted octanol–water partition coefficient (Wildman–Crippen LogP) is 0.217. The minimum atomic E-state index is -0.442. The number of hydrogen-bond acceptors (Lipinski definition) is 3.